The predicted octanol–water partition coefficient (Wildman–Crippen LogP) is 4.28. The highest BCUT2D eigenvalue weighted by molar-refractivity contribution is 7.08. The van der Waals surface area contributed by atoms with Crippen molar-refractivity contribution < 1.29 is 18.7 Å². The molecule has 0 saturated carbocycles. The predicted molar refractivity (Wildman–Crippen MR) is 110 cm³/mol. The number of rotatable bonds is 9. The third-order valence-electron chi connectivity index (χ3n) is 4.28. The third-order valence-corrected chi connectivity index (χ3v) is 4.96. The highest BCUT2D eigenvalue weighted by atomic mass is 32.1. The maximum Gasteiger partial charge on any atom is 0.252 e. The van der Waals surface area contributed by atoms with Gasteiger partial charge in [0.1, 0.15) is 5.76 Å². The fourth-order valence-electron chi connectivity index (χ4n) is 2.87. The number of carbonyl (C=O) groups is 2. The molecule has 0 fully saturated rings. The molecule has 2 N–H and O–H groups in total. The maximum absolute atomic E-state index is 12.2. The van der Waals surface area contributed by atoms with E-state index in [0.717, 1.165) is 5.39 Å². The molecule has 1 aromatic carbocycles. The van der Waals surface area contributed by atoms with Crippen LogP contribution >= 0.6 is 11.3 Å². The first-order valence-electron chi connectivity index (χ1n) is 9.33. The second-order valence-electron chi connectivity index (χ2n) is 6.42. The molecule has 0 saturated heterocycles. The van der Waals surface area contributed by atoms with Gasteiger partial charge in [-0.25, -0.2) is 0 Å². The van der Waals surface area contributed by atoms with Crippen LogP contribution in [-0.4, -0.2) is 25.0 Å². The van der Waals surface area contributed by atoms with Gasteiger partial charge >= 0.3 is 0 Å². The number of amides is 2. The van der Waals surface area contributed by atoms with E-state index in [1.165, 1.54) is 11.3 Å². The summed E-state index contributed by atoms with van der Waals surface area (Å²) in [7, 11) is 0. The Morgan fingerprint density at radius 2 is 2.14 bits per heavy atom. The largest absolute Gasteiger partial charge is 0.490 e. The standard InChI is InChI=1S/C21H24N2O4S/c1-3-26-17-7-4-6-15-12-18(27-20(15)17)14(2)23-19(24)8-5-10-22-21(25)16-9-11-28-13-16/h4,6-7,9,11-14H,3,5,8,10H2,1-2H3,(H,22,25)(H,23,24). The summed E-state index contributed by atoms with van der Waals surface area (Å²) in [5.41, 5.74) is 1.34. The second-order valence-corrected chi connectivity index (χ2v) is 7.20. The molecular weight excluding hydrogens is 376 g/mol. The molecule has 2 amide bonds. The van der Waals surface area contributed by atoms with Gasteiger partial charge in [-0.1, -0.05) is 12.1 Å². The van der Waals surface area contributed by atoms with Crippen LogP contribution in [-0.2, 0) is 4.79 Å². The molecule has 2 aromatic heterocycles. The summed E-state index contributed by atoms with van der Waals surface area (Å²) in [6, 6.07) is 9.18. The van der Waals surface area contributed by atoms with Crippen molar-refractivity contribution in [3.05, 3.63) is 52.4 Å². The van der Waals surface area contributed by atoms with Gasteiger partial charge in [0, 0.05) is 29.3 Å². The van der Waals surface area contributed by atoms with Crippen molar-refractivity contribution in [1.29, 1.82) is 0 Å². The molecular formula is C21H24N2O4S. The molecule has 0 spiro atoms. The molecule has 0 aliphatic heterocycles. The average Bonchev–Trinajstić information content (AvgIpc) is 3.35. The number of hydrogen-bond acceptors (Lipinski definition) is 5. The minimum Gasteiger partial charge on any atom is -0.490 e. The molecule has 0 bridgehead atoms. The van der Waals surface area contributed by atoms with Gasteiger partial charge in [-0.2, -0.15) is 11.3 Å². The molecule has 3 aromatic rings. The molecule has 2 heterocycles. The highest BCUT2D eigenvalue weighted by Crippen LogP contribution is 2.31. The number of hydrogen-bond donors (Lipinski definition) is 2. The summed E-state index contributed by atoms with van der Waals surface area (Å²) in [5, 5.41) is 10.4. The third kappa shape index (κ3) is 4.92. The van der Waals surface area contributed by atoms with Gasteiger partial charge in [-0.15, -0.1) is 0 Å². The average molecular weight is 401 g/mol. The van der Waals surface area contributed by atoms with Crippen LogP contribution in [0.2, 0.25) is 0 Å². The van der Waals surface area contributed by atoms with E-state index in [1.807, 2.05) is 43.5 Å². The van der Waals surface area contributed by atoms with E-state index in [0.29, 0.717) is 48.6 Å². The van der Waals surface area contributed by atoms with Crippen molar-refractivity contribution in [3.8, 4) is 5.75 Å². The van der Waals surface area contributed by atoms with Crippen molar-refractivity contribution in [3.63, 3.8) is 0 Å². The first-order chi connectivity index (χ1) is 13.6. The molecule has 0 aliphatic carbocycles. The van der Waals surface area contributed by atoms with E-state index in [9.17, 15) is 9.59 Å². The Morgan fingerprint density at radius 3 is 2.89 bits per heavy atom. The van der Waals surface area contributed by atoms with Gasteiger partial charge in [0.05, 0.1) is 12.6 Å². The molecule has 6 nitrogen and oxygen atoms in total. The van der Waals surface area contributed by atoms with Crippen molar-refractivity contribution in [2.24, 2.45) is 0 Å². The van der Waals surface area contributed by atoms with Crippen molar-refractivity contribution >= 4 is 34.1 Å². The van der Waals surface area contributed by atoms with Gasteiger partial charge in [0.2, 0.25) is 5.91 Å². The summed E-state index contributed by atoms with van der Waals surface area (Å²) in [4.78, 5) is 24.0. The lowest BCUT2D eigenvalue weighted by atomic mass is 10.2. The van der Waals surface area contributed by atoms with Gasteiger partial charge in [-0.05, 0) is 43.8 Å². The fraction of sp³-hybridized carbons (Fsp3) is 0.333. The van der Waals surface area contributed by atoms with Gasteiger partial charge in [0.15, 0.2) is 11.3 Å². The SMILES string of the molecule is CCOc1cccc2cc(C(C)NC(=O)CCCNC(=O)c3ccsc3)oc12. The minimum absolute atomic E-state index is 0.0808. The summed E-state index contributed by atoms with van der Waals surface area (Å²) in [5.74, 6) is 1.19. The van der Waals surface area contributed by atoms with E-state index in [2.05, 4.69) is 10.6 Å². The first-order valence-corrected chi connectivity index (χ1v) is 10.3. The maximum atomic E-state index is 12.2. The van der Waals surface area contributed by atoms with Crippen LogP contribution in [0.4, 0.5) is 0 Å². The first kappa shape index (κ1) is 19.9. The normalized spacial score (nSPS) is 11.9. The molecule has 148 valence electrons. The van der Waals surface area contributed by atoms with E-state index >= 15 is 0 Å². The molecule has 0 aliphatic rings. The smallest absolute Gasteiger partial charge is 0.252 e. The summed E-state index contributed by atoms with van der Waals surface area (Å²) >= 11 is 1.48. The topological polar surface area (TPSA) is 80.6 Å². The number of ether oxygens (including phenoxy) is 1. The van der Waals surface area contributed by atoms with E-state index < -0.39 is 0 Å². The minimum atomic E-state index is -0.255. The summed E-state index contributed by atoms with van der Waals surface area (Å²) in [6.07, 6.45) is 0.904. The number of benzene rings is 1. The highest BCUT2D eigenvalue weighted by Gasteiger charge is 2.16. The van der Waals surface area contributed by atoms with Crippen LogP contribution in [0, 0.1) is 0 Å². The quantitative estimate of drug-likeness (QED) is 0.525. The summed E-state index contributed by atoms with van der Waals surface area (Å²) < 4.78 is 11.5. The zero-order chi connectivity index (χ0) is 19.9. The zero-order valence-corrected chi connectivity index (χ0v) is 16.8. The van der Waals surface area contributed by atoms with Gasteiger partial charge < -0.3 is 19.8 Å². The fourth-order valence-corrected chi connectivity index (χ4v) is 3.51. The lowest BCUT2D eigenvalue weighted by Gasteiger charge is -2.11. The number of thiophene rings is 1. The molecule has 3 rings (SSSR count). The number of para-hydroxylation sites is 1. The second kappa shape index (κ2) is 9.41. The Balaban J connectivity index is 1.48. The lowest BCUT2D eigenvalue weighted by Crippen LogP contribution is -2.28. The van der Waals surface area contributed by atoms with Crippen molar-refractivity contribution in [1.82, 2.24) is 10.6 Å². The van der Waals surface area contributed by atoms with E-state index in [-0.39, 0.29) is 17.9 Å². The van der Waals surface area contributed by atoms with Gasteiger partial charge in [-0.3, -0.25) is 9.59 Å². The van der Waals surface area contributed by atoms with Crippen LogP contribution in [0.1, 0.15) is 48.8 Å². The van der Waals surface area contributed by atoms with E-state index in [4.69, 9.17) is 9.15 Å². The Bertz CT molecular complexity index is 933. The monoisotopic (exact) mass is 400 g/mol. The van der Waals surface area contributed by atoms with Crippen LogP contribution in [0.3, 0.4) is 0 Å². The number of carbonyl (C=O) groups excluding carboxylic acids is 2. The molecule has 1 atom stereocenters. The Labute approximate surface area is 167 Å². The van der Waals surface area contributed by atoms with E-state index in [1.54, 1.807) is 11.4 Å². The molecule has 0 radical (unpaired) electrons. The summed E-state index contributed by atoms with van der Waals surface area (Å²) in [6.45, 7) is 4.83. The molecule has 28 heavy (non-hydrogen) atoms. The number of fused-ring (bicyclic) bond motifs is 1. The van der Waals surface area contributed by atoms with Crippen molar-refractivity contribution in [2.75, 3.05) is 13.2 Å². The van der Waals surface area contributed by atoms with Crippen LogP contribution in [0.25, 0.3) is 11.0 Å². The Hall–Kier alpha value is -2.80. The van der Waals surface area contributed by atoms with Crippen LogP contribution in [0.5, 0.6) is 5.75 Å². The van der Waals surface area contributed by atoms with Crippen LogP contribution in [0.15, 0.2) is 45.5 Å². The molecule has 1 unspecified atom stereocenters. The lowest BCUT2D eigenvalue weighted by molar-refractivity contribution is -0.121. The molecule has 7 heteroatoms. The number of furan rings is 1. The van der Waals surface area contributed by atoms with Crippen molar-refractivity contribution in [2.45, 2.75) is 32.7 Å². The van der Waals surface area contributed by atoms with Crippen LogP contribution < -0.4 is 15.4 Å². The zero-order valence-electron chi connectivity index (χ0n) is 16.0. The Morgan fingerprint density at radius 1 is 1.29 bits per heavy atom. The number of nitrogens with one attached hydrogen (secondary N) is 2. The van der Waals surface area contributed by atoms with Gasteiger partial charge in [0.25, 0.3) is 5.91 Å². The Kier molecular flexibility index (Phi) is 6.71.